The second kappa shape index (κ2) is 11.8. The molecule has 1 aromatic heterocycles. The number of nitrogens with one attached hydrogen (secondary N) is 2. The van der Waals surface area contributed by atoms with Crippen molar-refractivity contribution in [3.05, 3.63) is 75.5 Å². The Labute approximate surface area is 211 Å². The van der Waals surface area contributed by atoms with Gasteiger partial charge >= 0.3 is 18.3 Å². The van der Waals surface area contributed by atoms with Crippen molar-refractivity contribution < 1.29 is 33.5 Å². The molecule has 3 rings (SSSR count). The van der Waals surface area contributed by atoms with Crippen molar-refractivity contribution in [2.45, 2.75) is 45.2 Å². The van der Waals surface area contributed by atoms with E-state index in [-0.39, 0.29) is 11.9 Å². The van der Waals surface area contributed by atoms with Crippen molar-refractivity contribution in [3.8, 4) is 5.75 Å². The summed E-state index contributed by atoms with van der Waals surface area (Å²) in [5.74, 6) is -1.18. The molecule has 0 spiro atoms. The van der Waals surface area contributed by atoms with Crippen LogP contribution < -0.4 is 20.9 Å². The van der Waals surface area contributed by atoms with E-state index in [1.54, 1.807) is 51.1 Å². The van der Waals surface area contributed by atoms with Crippen LogP contribution in [0, 0.1) is 5.92 Å². The summed E-state index contributed by atoms with van der Waals surface area (Å²) in [7, 11) is 0. The van der Waals surface area contributed by atoms with Gasteiger partial charge in [-0.1, -0.05) is 18.2 Å². The summed E-state index contributed by atoms with van der Waals surface area (Å²) in [6.07, 6.45) is -0.696. The van der Waals surface area contributed by atoms with Crippen LogP contribution in [-0.4, -0.2) is 50.6 Å². The summed E-state index contributed by atoms with van der Waals surface area (Å²) in [4.78, 5) is 38.0. The van der Waals surface area contributed by atoms with Crippen LogP contribution in [0.2, 0.25) is 0 Å². The van der Waals surface area contributed by atoms with Crippen LogP contribution in [0.5, 0.6) is 5.75 Å². The molecule has 0 saturated carbocycles. The van der Waals surface area contributed by atoms with Gasteiger partial charge in [0, 0.05) is 24.1 Å². The molecule has 1 aliphatic rings. The Bertz CT molecular complexity index is 1250. The highest BCUT2D eigenvalue weighted by Gasteiger charge is 2.43. The van der Waals surface area contributed by atoms with E-state index in [0.717, 1.165) is 16.9 Å². The molecule has 1 aromatic carbocycles. The van der Waals surface area contributed by atoms with Crippen LogP contribution in [-0.2, 0) is 30.6 Å². The number of benzene rings is 1. The van der Waals surface area contributed by atoms with Gasteiger partial charge in [-0.05, 0) is 32.9 Å². The van der Waals surface area contributed by atoms with Crippen LogP contribution in [0.25, 0.3) is 0 Å². The Morgan fingerprint density at radius 3 is 2.58 bits per heavy atom. The molecule has 5 unspecified atom stereocenters. The average Bonchev–Trinajstić information content (AvgIpc) is 3.13. The molecule has 1 fully saturated rings. The molecule has 2 aromatic rings. The van der Waals surface area contributed by atoms with Crippen LogP contribution in [0.4, 0.5) is 0 Å². The van der Waals surface area contributed by atoms with Crippen LogP contribution >= 0.6 is 6.64 Å². The molecule has 0 aliphatic carbocycles. The Balaban J connectivity index is 1.87. The zero-order valence-corrected chi connectivity index (χ0v) is 21.5. The number of aliphatic hydroxyl groups is 2. The first-order valence-corrected chi connectivity index (χ1v) is 13.7. The first kappa shape index (κ1) is 27.6. The first-order chi connectivity index (χ1) is 17.0. The Kier molecular flexibility index (Phi) is 9.09. The fourth-order valence-corrected chi connectivity index (χ4v) is 5.51. The zero-order chi connectivity index (χ0) is 26.5. The van der Waals surface area contributed by atoms with Gasteiger partial charge in [-0.15, -0.1) is 0 Å². The van der Waals surface area contributed by atoms with Crippen molar-refractivity contribution in [1.29, 1.82) is 0 Å². The quantitative estimate of drug-likeness (QED) is 0.194. The predicted octanol–water partition coefficient (Wildman–Crippen LogP) is 1.13. The monoisotopic (exact) mass is 541 g/mol. The summed E-state index contributed by atoms with van der Waals surface area (Å²) < 4.78 is 23.6. The van der Waals surface area contributed by atoms with E-state index >= 15 is 0 Å². The van der Waals surface area contributed by atoms with Crippen LogP contribution in [0.15, 0.2) is 64.2 Å². The number of carbonyl (C=O) groups is 1. The van der Waals surface area contributed by atoms with E-state index in [0.29, 0.717) is 5.75 Å². The van der Waals surface area contributed by atoms with Gasteiger partial charge in [-0.2, -0.15) is 0 Å². The Morgan fingerprint density at radius 2 is 1.97 bits per heavy atom. The topological polar surface area (TPSA) is 161 Å². The third-order valence-electron chi connectivity index (χ3n) is 4.98. The lowest BCUT2D eigenvalue weighted by atomic mass is 10.0. The summed E-state index contributed by atoms with van der Waals surface area (Å²) in [6.45, 7) is 0.959. The van der Waals surface area contributed by atoms with E-state index in [1.807, 2.05) is 0 Å². The number of hydrogen-bond acceptors (Lipinski definition) is 10. The molecule has 14 heteroatoms. The van der Waals surface area contributed by atoms with Crippen molar-refractivity contribution in [2.75, 3.05) is 6.61 Å². The van der Waals surface area contributed by atoms with Gasteiger partial charge in [0.15, 0.2) is 0 Å². The molecule has 5 atom stereocenters. The summed E-state index contributed by atoms with van der Waals surface area (Å²) in [5, 5.41) is 23.4. The van der Waals surface area contributed by atoms with Gasteiger partial charge in [0.05, 0.1) is 18.6 Å². The van der Waals surface area contributed by atoms with E-state index in [4.69, 9.17) is 30.3 Å². The number of ether oxygens (including phenoxy) is 2. The third-order valence-corrected chi connectivity index (χ3v) is 7.32. The molecular weight excluding hydrogens is 513 g/mol. The maximum absolute atomic E-state index is 12.4. The summed E-state index contributed by atoms with van der Waals surface area (Å²) >= 11 is 5.62. The number of esters is 1. The minimum Gasteiger partial charge on any atom is -0.468 e. The molecule has 1 aliphatic heterocycles. The highest BCUT2D eigenvalue weighted by molar-refractivity contribution is 8.09. The van der Waals surface area contributed by atoms with Crippen LogP contribution in [0.1, 0.15) is 27.0 Å². The normalized spacial score (nSPS) is 23.1. The summed E-state index contributed by atoms with van der Waals surface area (Å²) in [5.41, 5.74) is -1.42. The van der Waals surface area contributed by atoms with Gasteiger partial charge in [-0.25, -0.2) is 9.88 Å². The smallest absolute Gasteiger partial charge is 0.365 e. The number of nitrogens with zero attached hydrogens (tertiary/aromatic N) is 1. The number of para-hydroxylation sites is 1. The number of H-pyrrole nitrogens is 1. The maximum Gasteiger partial charge on any atom is 0.365 e. The molecule has 12 nitrogen and oxygen atoms in total. The van der Waals surface area contributed by atoms with E-state index < -0.39 is 54.8 Å². The second-order valence-corrected chi connectivity index (χ2v) is 11.3. The second-order valence-electron chi connectivity index (χ2n) is 8.17. The third kappa shape index (κ3) is 6.83. The molecule has 4 N–H and O–H groups in total. The van der Waals surface area contributed by atoms with Gasteiger partial charge in [0.1, 0.15) is 29.9 Å². The zero-order valence-electron chi connectivity index (χ0n) is 19.8. The predicted molar refractivity (Wildman–Crippen MR) is 132 cm³/mol. The van der Waals surface area contributed by atoms with E-state index in [1.165, 1.54) is 6.20 Å². The molecule has 0 radical (unpaired) electrons. The van der Waals surface area contributed by atoms with E-state index in [2.05, 4.69) is 10.1 Å². The number of rotatable bonds is 10. The minimum absolute atomic E-state index is 0.0156. The van der Waals surface area contributed by atoms with Gasteiger partial charge in [0.25, 0.3) is 5.56 Å². The van der Waals surface area contributed by atoms with Crippen molar-refractivity contribution in [2.24, 2.45) is 5.92 Å². The molecular formula is C22H28N3O9PS. The molecule has 36 heavy (non-hydrogen) atoms. The van der Waals surface area contributed by atoms with Crippen LogP contribution in [0.3, 0.4) is 0 Å². The van der Waals surface area contributed by atoms with Gasteiger partial charge in [0.2, 0.25) is 6.23 Å². The van der Waals surface area contributed by atoms with Gasteiger partial charge < -0.3 is 28.7 Å². The van der Waals surface area contributed by atoms with Gasteiger partial charge in [-0.3, -0.25) is 19.1 Å². The average molecular weight is 542 g/mol. The standard InChI is InChI=1S/C22H28N3O9PS/c1-13(2)32-21(29)14(3)24-35(36,34-15-7-5-4-6-8-15)31-12-17-16(11-26)19(28)20(33-17)25-10-9-18(27)23-22(25)30/h4-10,12-14,16,19-20,26,28H,11H2,1-3H3,(H,24,36)(H,23,27,30). The fourth-order valence-electron chi connectivity index (χ4n) is 3.27. The molecule has 1 saturated heterocycles. The number of carbonyl (C=O) groups excluding carboxylic acids is 1. The number of hydrogen-bond donors (Lipinski definition) is 4. The van der Waals surface area contributed by atoms with E-state index in [9.17, 15) is 24.6 Å². The lowest BCUT2D eigenvalue weighted by Crippen LogP contribution is -2.36. The SMILES string of the molecule is CC(C)OC(=O)C(C)NP(=S)(OC=C1OC(n2ccc(=O)[nH]c2=O)C(O)C1CO)Oc1ccccc1. The molecule has 2 heterocycles. The van der Waals surface area contributed by atoms with Crippen molar-refractivity contribution >= 4 is 24.4 Å². The fraction of sp³-hybridized carbons (Fsp3) is 0.409. The largest absolute Gasteiger partial charge is 0.468 e. The molecule has 196 valence electrons. The Morgan fingerprint density at radius 1 is 1.28 bits per heavy atom. The number of aromatic amines is 1. The highest BCUT2D eigenvalue weighted by atomic mass is 32.5. The Hall–Kier alpha value is -2.96. The maximum atomic E-state index is 12.4. The summed E-state index contributed by atoms with van der Waals surface area (Å²) in [6, 6.07) is 8.76. The molecule has 0 amide bonds. The van der Waals surface area contributed by atoms with Crippen molar-refractivity contribution in [3.63, 3.8) is 0 Å². The number of aromatic nitrogens is 2. The first-order valence-electron chi connectivity index (χ1n) is 11.0. The van der Waals surface area contributed by atoms with Crippen molar-refractivity contribution in [1.82, 2.24) is 14.6 Å². The highest BCUT2D eigenvalue weighted by Crippen LogP contribution is 2.47. The lowest BCUT2D eigenvalue weighted by molar-refractivity contribution is -0.149. The minimum atomic E-state index is -3.46. The molecule has 0 bridgehead atoms. The lowest BCUT2D eigenvalue weighted by Gasteiger charge is -2.26. The number of aliphatic hydroxyl groups excluding tert-OH is 2.